The first kappa shape index (κ1) is 16.7. The normalized spacial score (nSPS) is 9.50. The van der Waals surface area contributed by atoms with Crippen molar-refractivity contribution in [1.29, 1.82) is 0 Å². The second-order valence-electron chi connectivity index (χ2n) is 2.56. The maximum Gasteiger partial charge on any atom is 1.00 e. The molecular formula is C8H12NaO4P. The number of hydrogen-bond acceptors (Lipinski definition) is 1. The molecule has 0 radical (unpaired) electrons. The number of rotatable bonds is 0. The van der Waals surface area contributed by atoms with Crippen molar-refractivity contribution in [2.24, 2.45) is 0 Å². The average Bonchev–Trinajstić information content (AvgIpc) is 1.81. The molecule has 0 saturated carbocycles. The molecule has 0 aliphatic heterocycles. The zero-order valence-electron chi connectivity index (χ0n) is 8.43. The van der Waals surface area contributed by atoms with Crippen LogP contribution in [0.15, 0.2) is 18.2 Å². The van der Waals surface area contributed by atoms with Crippen molar-refractivity contribution in [3.63, 3.8) is 0 Å². The van der Waals surface area contributed by atoms with Crippen LogP contribution in [0.1, 0.15) is 11.1 Å². The van der Waals surface area contributed by atoms with Gasteiger partial charge in [-0.05, 0) is 0 Å². The van der Waals surface area contributed by atoms with Gasteiger partial charge in [0, 0.05) is 0 Å². The van der Waals surface area contributed by atoms with Gasteiger partial charge in [-0.2, -0.15) is 35.4 Å². The van der Waals surface area contributed by atoms with Crippen LogP contribution in [0.3, 0.4) is 0 Å². The minimum atomic E-state index is -4.64. The Hall–Kier alpha value is 0.330. The molecule has 0 atom stereocenters. The number of benzene rings is 1. The molecule has 1 aromatic carbocycles. The molecule has 6 heteroatoms. The van der Waals surface area contributed by atoms with Gasteiger partial charge in [0.1, 0.15) is 0 Å². The van der Waals surface area contributed by atoms with Crippen molar-refractivity contribution in [1.82, 2.24) is 0 Å². The molecule has 0 unspecified atom stereocenters. The van der Waals surface area contributed by atoms with E-state index in [0.29, 0.717) is 0 Å². The monoisotopic (exact) mass is 226 g/mol. The topological polar surface area (TPSA) is 77.8 Å². The van der Waals surface area contributed by atoms with E-state index in [4.69, 9.17) is 19.2 Å². The molecule has 0 aliphatic rings. The quantitative estimate of drug-likeness (QED) is 0.276. The van der Waals surface area contributed by atoms with Crippen LogP contribution in [0.25, 0.3) is 0 Å². The van der Waals surface area contributed by atoms with Gasteiger partial charge < -0.3 is 14.7 Å². The fraction of sp³-hybridized carbons (Fsp3) is 0.250. The van der Waals surface area contributed by atoms with E-state index in [1.54, 1.807) is 0 Å². The Morgan fingerprint density at radius 2 is 1.71 bits per heavy atom. The molecule has 1 aromatic rings. The Balaban J connectivity index is 0. The first-order valence-electron chi connectivity index (χ1n) is 3.52. The molecule has 74 valence electrons. The van der Waals surface area contributed by atoms with E-state index in [1.807, 2.05) is 19.1 Å². The van der Waals surface area contributed by atoms with Gasteiger partial charge >= 0.3 is 37.4 Å². The zero-order valence-corrected chi connectivity index (χ0v) is 11.3. The SMILES string of the molecule is Cc1[c-]ccc(C)c1.O=P(O)(O)O.[Na+]. The number of aryl methyl sites for hydroxylation is 2. The van der Waals surface area contributed by atoms with Crippen molar-refractivity contribution in [2.45, 2.75) is 13.8 Å². The fourth-order valence-corrected chi connectivity index (χ4v) is 0.736. The molecule has 3 N–H and O–H groups in total. The standard InChI is InChI=1S/C8H9.Na.H3O4P/c1-7-4-3-5-8(2)6-7;;1-5(2,3)4/h3-4,6H,1-2H3;;(H3,1,2,3,4)/q-1;+1;. The number of hydrogen-bond donors (Lipinski definition) is 3. The molecule has 0 aliphatic carbocycles. The summed E-state index contributed by atoms with van der Waals surface area (Å²) in [4.78, 5) is 21.6. The van der Waals surface area contributed by atoms with Gasteiger partial charge in [-0.3, -0.25) is 0 Å². The van der Waals surface area contributed by atoms with Crippen molar-refractivity contribution < 1.29 is 48.8 Å². The van der Waals surface area contributed by atoms with Crippen molar-refractivity contribution in [3.05, 3.63) is 35.4 Å². The van der Waals surface area contributed by atoms with E-state index in [9.17, 15) is 0 Å². The maximum absolute atomic E-state index is 8.88. The Morgan fingerprint density at radius 1 is 1.29 bits per heavy atom. The van der Waals surface area contributed by atoms with Gasteiger partial charge in [0.2, 0.25) is 0 Å². The average molecular weight is 226 g/mol. The molecule has 4 nitrogen and oxygen atoms in total. The Morgan fingerprint density at radius 3 is 1.93 bits per heavy atom. The molecular weight excluding hydrogens is 214 g/mol. The predicted octanol–water partition coefficient (Wildman–Crippen LogP) is -1.82. The van der Waals surface area contributed by atoms with E-state index < -0.39 is 7.82 Å². The van der Waals surface area contributed by atoms with Gasteiger partial charge in [0.05, 0.1) is 0 Å². The first-order valence-corrected chi connectivity index (χ1v) is 5.09. The smallest absolute Gasteiger partial charge is 0.303 e. The largest absolute Gasteiger partial charge is 1.00 e. The van der Waals surface area contributed by atoms with Crippen molar-refractivity contribution in [2.75, 3.05) is 0 Å². The Labute approximate surface area is 106 Å². The third kappa shape index (κ3) is 14.8. The molecule has 0 saturated heterocycles. The van der Waals surface area contributed by atoms with E-state index >= 15 is 0 Å². The van der Waals surface area contributed by atoms with Crippen LogP contribution in [0.5, 0.6) is 0 Å². The minimum Gasteiger partial charge on any atom is -0.303 e. The summed E-state index contributed by atoms with van der Waals surface area (Å²) < 4.78 is 8.88. The molecule has 0 aromatic heterocycles. The van der Waals surface area contributed by atoms with Gasteiger partial charge in [-0.25, -0.2) is 4.57 Å². The molecule has 0 fully saturated rings. The third-order valence-corrected chi connectivity index (χ3v) is 1.10. The second kappa shape index (κ2) is 7.60. The van der Waals surface area contributed by atoms with Crippen molar-refractivity contribution in [3.8, 4) is 0 Å². The van der Waals surface area contributed by atoms with Gasteiger partial charge in [-0.1, -0.05) is 13.8 Å². The molecule has 0 bridgehead atoms. The van der Waals surface area contributed by atoms with Crippen molar-refractivity contribution >= 4 is 7.82 Å². The zero-order chi connectivity index (χ0) is 10.5. The summed E-state index contributed by atoms with van der Waals surface area (Å²) in [5.41, 5.74) is 2.52. The Bertz CT molecular complexity index is 284. The summed E-state index contributed by atoms with van der Waals surface area (Å²) in [5.74, 6) is 0. The molecule has 0 spiro atoms. The summed E-state index contributed by atoms with van der Waals surface area (Å²) >= 11 is 0. The Kier molecular flexibility index (Phi) is 9.09. The molecule has 0 amide bonds. The van der Waals surface area contributed by atoms with Gasteiger partial charge in [0.25, 0.3) is 0 Å². The summed E-state index contributed by atoms with van der Waals surface area (Å²) in [7, 11) is -4.64. The maximum atomic E-state index is 8.88. The molecule has 14 heavy (non-hydrogen) atoms. The van der Waals surface area contributed by atoms with E-state index in [0.717, 1.165) is 0 Å². The first-order chi connectivity index (χ1) is 5.79. The van der Waals surface area contributed by atoms with Crippen LogP contribution in [0.2, 0.25) is 0 Å². The van der Waals surface area contributed by atoms with Gasteiger partial charge in [0.15, 0.2) is 0 Å². The summed E-state index contributed by atoms with van der Waals surface area (Å²) in [6.07, 6.45) is 0. The molecule has 1 rings (SSSR count). The number of phosphoric acid groups is 1. The second-order valence-corrected chi connectivity index (χ2v) is 3.59. The molecule has 0 heterocycles. The van der Waals surface area contributed by atoms with Crippen LogP contribution in [-0.4, -0.2) is 14.7 Å². The summed E-state index contributed by atoms with van der Waals surface area (Å²) in [5, 5.41) is 0. The minimum absolute atomic E-state index is 0. The fourth-order valence-electron chi connectivity index (χ4n) is 0.736. The van der Waals surface area contributed by atoms with Gasteiger partial charge in [-0.15, -0.1) is 0 Å². The summed E-state index contributed by atoms with van der Waals surface area (Å²) in [6.45, 7) is 4.13. The van der Waals surface area contributed by atoms with E-state index in [2.05, 4.69) is 19.1 Å². The summed E-state index contributed by atoms with van der Waals surface area (Å²) in [6, 6.07) is 9.18. The van der Waals surface area contributed by atoms with E-state index in [1.165, 1.54) is 11.1 Å². The van der Waals surface area contributed by atoms with E-state index in [-0.39, 0.29) is 29.6 Å². The predicted molar refractivity (Wildman–Crippen MR) is 49.0 cm³/mol. The van der Waals surface area contributed by atoms with Crippen LogP contribution >= 0.6 is 7.82 Å². The van der Waals surface area contributed by atoms with Crippen LogP contribution in [-0.2, 0) is 4.57 Å². The van der Waals surface area contributed by atoms with Crippen LogP contribution in [0, 0.1) is 19.9 Å². The van der Waals surface area contributed by atoms with Crippen LogP contribution < -0.4 is 29.6 Å². The van der Waals surface area contributed by atoms with Crippen LogP contribution in [0.4, 0.5) is 0 Å². The third-order valence-electron chi connectivity index (χ3n) is 1.10.